The van der Waals surface area contributed by atoms with E-state index in [4.69, 9.17) is 9.40 Å². The van der Waals surface area contributed by atoms with E-state index in [-0.39, 0.29) is 0 Å². The molecule has 0 radical (unpaired) electrons. The molecule has 0 unspecified atom stereocenters. The summed E-state index contributed by atoms with van der Waals surface area (Å²) >= 11 is 0. The summed E-state index contributed by atoms with van der Waals surface area (Å²) in [5.74, 6) is 0.935. The van der Waals surface area contributed by atoms with E-state index in [0.717, 1.165) is 44.7 Å². The van der Waals surface area contributed by atoms with Crippen LogP contribution in [0.2, 0.25) is 0 Å². The number of imidazole rings is 1. The van der Waals surface area contributed by atoms with Gasteiger partial charge < -0.3 is 4.42 Å². The van der Waals surface area contributed by atoms with E-state index >= 15 is 0 Å². The summed E-state index contributed by atoms with van der Waals surface area (Å²) < 4.78 is 8.66. The number of para-hydroxylation sites is 2. The highest BCUT2D eigenvalue weighted by molar-refractivity contribution is 6.23. The molecule has 0 saturated heterocycles. The zero-order valence-electron chi connectivity index (χ0n) is 28.1. The van der Waals surface area contributed by atoms with Crippen LogP contribution < -0.4 is 0 Å². The Bertz CT molecular complexity index is 3110. The minimum atomic E-state index is 0.904. The van der Waals surface area contributed by atoms with Crippen molar-refractivity contribution in [1.82, 2.24) is 9.55 Å². The number of hydrogen-bond acceptors (Lipinski definition) is 2. The first-order chi connectivity index (χ1) is 25.8. The zero-order valence-corrected chi connectivity index (χ0v) is 28.1. The number of aromatic nitrogens is 2. The van der Waals surface area contributed by atoms with Crippen LogP contribution in [0.25, 0.3) is 105 Å². The van der Waals surface area contributed by atoms with Gasteiger partial charge in [0.05, 0.1) is 11.0 Å². The summed E-state index contributed by atoms with van der Waals surface area (Å²) in [5.41, 5.74) is 10.9. The van der Waals surface area contributed by atoms with Gasteiger partial charge in [-0.2, -0.15) is 0 Å². The number of rotatable bonds is 4. The Labute approximate surface area is 299 Å². The van der Waals surface area contributed by atoms with Gasteiger partial charge in [0.25, 0.3) is 0 Å². The lowest BCUT2D eigenvalue weighted by molar-refractivity contribution is 0.669. The Morgan fingerprint density at radius 2 is 0.981 bits per heavy atom. The molecular formula is C49H30N2O. The molecule has 0 aliphatic heterocycles. The van der Waals surface area contributed by atoms with E-state index in [2.05, 4.69) is 180 Å². The second-order valence-electron chi connectivity index (χ2n) is 13.5. The highest BCUT2D eigenvalue weighted by atomic mass is 16.3. The number of furan rings is 1. The van der Waals surface area contributed by atoms with Gasteiger partial charge in [-0.15, -0.1) is 0 Å². The molecule has 3 nitrogen and oxygen atoms in total. The van der Waals surface area contributed by atoms with Crippen molar-refractivity contribution in [2.45, 2.75) is 0 Å². The van der Waals surface area contributed by atoms with Gasteiger partial charge in [-0.25, -0.2) is 4.98 Å². The first-order valence-corrected chi connectivity index (χ1v) is 17.7. The zero-order chi connectivity index (χ0) is 34.2. The maximum atomic E-state index is 6.39. The summed E-state index contributed by atoms with van der Waals surface area (Å²) in [7, 11) is 0. The largest absolute Gasteiger partial charge is 0.456 e. The average molecular weight is 663 g/mol. The normalized spacial score (nSPS) is 11.8. The second-order valence-corrected chi connectivity index (χ2v) is 13.5. The molecule has 242 valence electrons. The van der Waals surface area contributed by atoms with Crippen LogP contribution >= 0.6 is 0 Å². The van der Waals surface area contributed by atoms with Crippen LogP contribution in [-0.2, 0) is 0 Å². The third-order valence-corrected chi connectivity index (χ3v) is 10.6. The fourth-order valence-electron chi connectivity index (χ4n) is 8.30. The molecular weight excluding hydrogens is 633 g/mol. The molecule has 0 bridgehead atoms. The molecule has 9 aromatic carbocycles. The highest BCUT2D eigenvalue weighted by Gasteiger charge is 2.19. The van der Waals surface area contributed by atoms with Crippen molar-refractivity contribution in [2.24, 2.45) is 0 Å². The molecule has 2 aromatic heterocycles. The highest BCUT2D eigenvalue weighted by Crippen LogP contribution is 2.45. The van der Waals surface area contributed by atoms with Crippen molar-refractivity contribution < 1.29 is 4.42 Å². The van der Waals surface area contributed by atoms with Gasteiger partial charge in [0.2, 0.25) is 0 Å². The molecule has 0 amide bonds. The number of hydrogen-bond donors (Lipinski definition) is 0. The molecule has 11 rings (SSSR count). The smallest absolute Gasteiger partial charge is 0.145 e. The van der Waals surface area contributed by atoms with Crippen molar-refractivity contribution in [2.75, 3.05) is 0 Å². The SMILES string of the molecule is c1ccc(-c2nc3ccccc3n2-c2ccc(-c3c4ccccc4c(-c4ccc5oc6ccc7ccccc7c6c5c4)c4ccccc34)cc2)cc1. The molecule has 2 heterocycles. The molecule has 0 fully saturated rings. The minimum Gasteiger partial charge on any atom is -0.456 e. The second kappa shape index (κ2) is 11.3. The summed E-state index contributed by atoms with van der Waals surface area (Å²) in [6.45, 7) is 0. The third-order valence-electron chi connectivity index (χ3n) is 10.6. The van der Waals surface area contributed by atoms with Gasteiger partial charge in [-0.05, 0) is 97.0 Å². The molecule has 0 atom stereocenters. The number of benzene rings is 9. The van der Waals surface area contributed by atoms with Crippen LogP contribution in [0.1, 0.15) is 0 Å². The van der Waals surface area contributed by atoms with Crippen molar-refractivity contribution in [3.63, 3.8) is 0 Å². The predicted molar refractivity (Wildman–Crippen MR) is 217 cm³/mol. The Balaban J connectivity index is 1.12. The first kappa shape index (κ1) is 28.8. The maximum absolute atomic E-state index is 6.39. The van der Waals surface area contributed by atoms with Gasteiger partial charge in [0.15, 0.2) is 0 Å². The van der Waals surface area contributed by atoms with Gasteiger partial charge >= 0.3 is 0 Å². The van der Waals surface area contributed by atoms with Crippen LogP contribution in [-0.4, -0.2) is 9.55 Å². The maximum Gasteiger partial charge on any atom is 0.145 e. The van der Waals surface area contributed by atoms with Crippen LogP contribution in [0.4, 0.5) is 0 Å². The van der Waals surface area contributed by atoms with Gasteiger partial charge in [-0.1, -0.05) is 140 Å². The Morgan fingerprint density at radius 3 is 1.71 bits per heavy atom. The average Bonchev–Trinajstić information content (AvgIpc) is 3.79. The monoisotopic (exact) mass is 662 g/mol. The molecule has 0 N–H and O–H groups in total. The Morgan fingerprint density at radius 1 is 0.404 bits per heavy atom. The summed E-state index contributed by atoms with van der Waals surface area (Å²) in [5, 5.41) is 9.64. The predicted octanol–water partition coefficient (Wildman–Crippen LogP) is 13.4. The number of nitrogens with zero attached hydrogens (tertiary/aromatic N) is 2. The molecule has 3 heteroatoms. The van der Waals surface area contributed by atoms with E-state index < -0.39 is 0 Å². The third kappa shape index (κ3) is 4.30. The van der Waals surface area contributed by atoms with Crippen LogP contribution in [0, 0.1) is 0 Å². The van der Waals surface area contributed by atoms with Gasteiger partial charge in [-0.3, -0.25) is 4.57 Å². The van der Waals surface area contributed by atoms with Gasteiger partial charge in [0.1, 0.15) is 17.0 Å². The van der Waals surface area contributed by atoms with Crippen molar-refractivity contribution in [3.8, 4) is 39.3 Å². The lowest BCUT2D eigenvalue weighted by Gasteiger charge is -2.18. The van der Waals surface area contributed by atoms with E-state index in [9.17, 15) is 0 Å². The lowest BCUT2D eigenvalue weighted by Crippen LogP contribution is -1.97. The van der Waals surface area contributed by atoms with Gasteiger partial charge in [0, 0.05) is 22.0 Å². The van der Waals surface area contributed by atoms with E-state index in [0.29, 0.717) is 0 Å². The minimum absolute atomic E-state index is 0.904. The molecule has 0 aliphatic carbocycles. The standard InChI is InChI=1S/C49H30N2O/c1-2-13-33(14-3-1)49-50-42-20-10-11-21-43(42)51(49)35-26-22-32(23-27-35)46-37-16-6-8-18-39(37)47(40-19-9-7-17-38(40)46)34-25-28-44-41(30-34)48-36-15-5-4-12-31(36)24-29-45(48)52-44/h1-30H. The summed E-state index contributed by atoms with van der Waals surface area (Å²) in [6, 6.07) is 65.0. The van der Waals surface area contributed by atoms with Crippen molar-refractivity contribution in [1.29, 1.82) is 0 Å². The van der Waals surface area contributed by atoms with E-state index in [1.807, 2.05) is 6.07 Å². The van der Waals surface area contributed by atoms with Crippen molar-refractivity contribution in [3.05, 3.63) is 182 Å². The summed E-state index contributed by atoms with van der Waals surface area (Å²) in [6.07, 6.45) is 0. The quantitative estimate of drug-likeness (QED) is 0.176. The van der Waals surface area contributed by atoms with Crippen LogP contribution in [0.5, 0.6) is 0 Å². The Hall–Kier alpha value is -6.97. The lowest BCUT2D eigenvalue weighted by atomic mass is 9.85. The van der Waals surface area contributed by atoms with Crippen molar-refractivity contribution >= 4 is 65.3 Å². The topological polar surface area (TPSA) is 31.0 Å². The fraction of sp³-hybridized carbons (Fsp3) is 0. The van der Waals surface area contributed by atoms with Crippen LogP contribution in [0.3, 0.4) is 0 Å². The first-order valence-electron chi connectivity index (χ1n) is 17.7. The molecule has 0 aliphatic rings. The van der Waals surface area contributed by atoms with Crippen LogP contribution in [0.15, 0.2) is 186 Å². The Kier molecular flexibility index (Phi) is 6.25. The van der Waals surface area contributed by atoms with E-state index in [1.54, 1.807) is 0 Å². The molecule has 0 spiro atoms. The fourth-order valence-corrected chi connectivity index (χ4v) is 8.30. The molecule has 52 heavy (non-hydrogen) atoms. The summed E-state index contributed by atoms with van der Waals surface area (Å²) in [4.78, 5) is 5.06. The number of fused-ring (bicyclic) bond motifs is 8. The van der Waals surface area contributed by atoms with E-state index in [1.165, 1.54) is 60.0 Å². The molecule has 11 aromatic rings. The molecule has 0 saturated carbocycles.